The van der Waals surface area contributed by atoms with Crippen LogP contribution in [0.3, 0.4) is 0 Å². The number of oxime groups is 1. The fourth-order valence-electron chi connectivity index (χ4n) is 7.85. The summed E-state index contributed by atoms with van der Waals surface area (Å²) in [4.78, 5) is 70.6. The Hall–Kier alpha value is -6.77. The molecule has 0 radical (unpaired) electrons. The number of rotatable bonds is 17. The van der Waals surface area contributed by atoms with Crippen LogP contribution in [0.25, 0.3) is 0 Å². The van der Waals surface area contributed by atoms with Crippen LogP contribution in [0.15, 0.2) is 183 Å². The third kappa shape index (κ3) is 11.2. The van der Waals surface area contributed by atoms with Gasteiger partial charge in [-0.3, -0.25) is 19.8 Å². The van der Waals surface area contributed by atoms with Gasteiger partial charge in [0.1, 0.15) is 33.9 Å². The Morgan fingerprint density at radius 2 is 1.35 bits per heavy atom. The van der Waals surface area contributed by atoms with Crippen LogP contribution in [0.4, 0.5) is 9.93 Å². The molecule has 0 saturated carbocycles. The number of benzene rings is 5. The van der Waals surface area contributed by atoms with E-state index in [1.54, 1.807) is 31.7 Å². The fraction of sp³-hybridized carbons (Fsp3) is 0.192. The number of ether oxygens (including phenoxy) is 2. The van der Waals surface area contributed by atoms with Crippen molar-refractivity contribution in [2.24, 2.45) is 5.16 Å². The summed E-state index contributed by atoms with van der Waals surface area (Å²) in [6.45, 7) is 5.23. The molecule has 71 heavy (non-hydrogen) atoms. The normalized spacial score (nSPS) is 15.9. The summed E-state index contributed by atoms with van der Waals surface area (Å²) in [5.41, 5.74) is 3.06. The molecule has 2 unspecified atom stereocenters. The summed E-state index contributed by atoms with van der Waals surface area (Å²) in [5, 5.41) is 19.8. The van der Waals surface area contributed by atoms with Gasteiger partial charge in [-0.1, -0.05) is 180 Å². The van der Waals surface area contributed by atoms with Gasteiger partial charge < -0.3 is 19.6 Å². The molecular weight excluding hydrogens is 995 g/mol. The predicted molar refractivity (Wildman–Crippen MR) is 280 cm³/mol. The summed E-state index contributed by atoms with van der Waals surface area (Å²) in [7, 11) is 0. The lowest BCUT2D eigenvalue weighted by atomic mass is 9.80. The first-order valence-corrected chi connectivity index (χ1v) is 27.0. The topological polar surface area (TPSA) is 174 Å². The number of anilines is 1. The number of nitrogens with one attached hydrogen (secondary N) is 2. The van der Waals surface area contributed by atoms with E-state index in [1.165, 1.54) is 51.5 Å². The van der Waals surface area contributed by atoms with Gasteiger partial charge in [0.25, 0.3) is 11.8 Å². The predicted octanol–water partition coefficient (Wildman–Crippen LogP) is 10.5. The van der Waals surface area contributed by atoms with E-state index in [-0.39, 0.29) is 22.2 Å². The monoisotopic (exact) mass is 1040 g/mol. The van der Waals surface area contributed by atoms with Crippen LogP contribution in [0.5, 0.6) is 0 Å². The zero-order valence-corrected chi connectivity index (χ0v) is 42.5. The van der Waals surface area contributed by atoms with E-state index in [4.69, 9.17) is 14.3 Å². The number of nitrogens with zero attached hydrogens (tertiary/aromatic N) is 5. The van der Waals surface area contributed by atoms with Crippen LogP contribution in [-0.2, 0) is 34.3 Å². The van der Waals surface area contributed by atoms with Crippen LogP contribution in [0, 0.1) is 0 Å². The second-order valence-corrected chi connectivity index (χ2v) is 22.3. The van der Waals surface area contributed by atoms with Crippen LogP contribution >= 0.6 is 58.0 Å². The standard InChI is InChI=1S/C52H45N7O7S5/c1-51(2,3)65-49(63)56-48-54-38(29-68-48)40(58-66-52(35-23-13-6-14-24-35,36-25-15-7-16-26-36)37-27-17-8-18-28-37)44(60)55-41-45(61)59-42(39(30-67-46(41)59)70-32-71-50-57-53-31-69-50)47(62)64-43(33-19-9-4-10-20-33)34-21-11-5-12-22-34/h4-29,31,41,43,46H,30,32H2,1-3H3,(H,55,60)(H,54,56,63)/b58-40-. The summed E-state index contributed by atoms with van der Waals surface area (Å²) >= 11 is 6.77. The molecule has 19 heteroatoms. The van der Waals surface area contributed by atoms with Gasteiger partial charge in [-0.15, -0.1) is 45.1 Å². The van der Waals surface area contributed by atoms with E-state index < -0.39 is 52.6 Å². The smallest absolute Gasteiger partial charge is 0.413 e. The first kappa shape index (κ1) is 49.2. The third-order valence-electron chi connectivity index (χ3n) is 11.0. The number of esters is 1. The van der Waals surface area contributed by atoms with Gasteiger partial charge in [0.2, 0.25) is 5.60 Å². The lowest BCUT2D eigenvalue weighted by Crippen LogP contribution is -2.71. The van der Waals surface area contributed by atoms with E-state index in [1.807, 2.05) is 152 Å². The lowest BCUT2D eigenvalue weighted by Gasteiger charge is -2.49. The molecule has 3 amide bonds. The Balaban J connectivity index is 1.05. The van der Waals surface area contributed by atoms with Gasteiger partial charge in [0.05, 0.1) is 5.08 Å². The average Bonchev–Trinajstić information content (AvgIpc) is 4.09. The second kappa shape index (κ2) is 22.1. The van der Waals surface area contributed by atoms with E-state index in [9.17, 15) is 19.2 Å². The Kier molecular flexibility index (Phi) is 15.3. The minimum Gasteiger partial charge on any atom is -0.448 e. The number of aromatic nitrogens is 3. The SMILES string of the molecule is CC(C)(C)OC(=O)Nc1nc(/C(=N/OC(c2ccccc2)(c2ccccc2)c2ccccc2)C(=O)NC2C(=O)N3C(C(=O)OC(c4ccccc4)c4ccccc4)=C(SCSc4nncs4)CSC23)cs1. The highest BCUT2D eigenvalue weighted by Crippen LogP contribution is 2.46. The van der Waals surface area contributed by atoms with E-state index in [0.717, 1.165) is 43.5 Å². The molecule has 7 aromatic rings. The number of amides is 3. The number of thioether (sulfide) groups is 3. The minimum absolute atomic E-state index is 0.0604. The van der Waals surface area contributed by atoms with Crippen LogP contribution in [-0.4, -0.2) is 77.5 Å². The molecule has 2 aliphatic rings. The van der Waals surface area contributed by atoms with Crippen molar-refractivity contribution in [1.82, 2.24) is 25.4 Å². The van der Waals surface area contributed by atoms with Crippen molar-refractivity contribution >= 4 is 92.7 Å². The quantitative estimate of drug-likeness (QED) is 0.0168. The Bertz CT molecular complexity index is 2900. The van der Waals surface area contributed by atoms with Crippen molar-refractivity contribution < 1.29 is 33.5 Å². The highest BCUT2D eigenvalue weighted by molar-refractivity contribution is 8.18. The Labute approximate surface area is 430 Å². The number of carbonyl (C=O) groups excluding carboxylic acids is 4. The zero-order chi connectivity index (χ0) is 49.4. The maximum atomic E-state index is 14.9. The molecule has 2 aliphatic heterocycles. The van der Waals surface area contributed by atoms with Crippen molar-refractivity contribution in [3.05, 3.63) is 207 Å². The maximum absolute atomic E-state index is 14.9. The molecule has 2 N–H and O–H groups in total. The van der Waals surface area contributed by atoms with E-state index in [2.05, 4.69) is 31.0 Å². The molecule has 9 rings (SSSR count). The van der Waals surface area contributed by atoms with Crippen molar-refractivity contribution in [2.75, 3.05) is 16.2 Å². The number of thiazole rings is 1. The fourth-order valence-corrected chi connectivity index (χ4v) is 13.0. The molecule has 4 heterocycles. The van der Waals surface area contributed by atoms with Crippen molar-refractivity contribution in [1.29, 1.82) is 0 Å². The number of β-lactam (4-membered cyclic amide) rings is 1. The Morgan fingerprint density at radius 3 is 1.89 bits per heavy atom. The van der Waals surface area contributed by atoms with Gasteiger partial charge in [-0.2, -0.15) is 0 Å². The number of hydrogen-bond acceptors (Lipinski definition) is 16. The first-order chi connectivity index (χ1) is 34.5. The van der Waals surface area contributed by atoms with E-state index >= 15 is 0 Å². The minimum atomic E-state index is -1.38. The van der Waals surface area contributed by atoms with Crippen molar-refractivity contribution in [3.8, 4) is 0 Å². The zero-order valence-electron chi connectivity index (χ0n) is 38.4. The van der Waals surface area contributed by atoms with Gasteiger partial charge in [0.15, 0.2) is 21.3 Å². The molecule has 5 aromatic carbocycles. The van der Waals surface area contributed by atoms with Gasteiger partial charge in [-0.05, 0) is 31.9 Å². The summed E-state index contributed by atoms with van der Waals surface area (Å²) in [6, 6.07) is 46.3. The molecule has 0 spiro atoms. The first-order valence-electron chi connectivity index (χ1n) is 22.2. The largest absolute Gasteiger partial charge is 0.448 e. The molecule has 14 nitrogen and oxygen atoms in total. The molecular formula is C52H45N7O7S5. The Morgan fingerprint density at radius 1 is 0.789 bits per heavy atom. The van der Waals surface area contributed by atoms with Crippen molar-refractivity contribution in [3.63, 3.8) is 0 Å². The highest BCUT2D eigenvalue weighted by atomic mass is 32.2. The van der Waals surface area contributed by atoms with Crippen LogP contribution < -0.4 is 10.6 Å². The van der Waals surface area contributed by atoms with Crippen molar-refractivity contribution in [2.45, 2.75) is 53.8 Å². The maximum Gasteiger partial charge on any atom is 0.413 e. The molecule has 2 aromatic heterocycles. The molecule has 0 bridgehead atoms. The molecule has 1 fully saturated rings. The second-order valence-electron chi connectivity index (χ2n) is 16.8. The van der Waals surface area contributed by atoms with Gasteiger partial charge in [-0.25, -0.2) is 14.6 Å². The van der Waals surface area contributed by atoms with Crippen LogP contribution in [0.2, 0.25) is 0 Å². The van der Waals surface area contributed by atoms with E-state index in [0.29, 0.717) is 15.7 Å². The molecule has 1 saturated heterocycles. The lowest BCUT2D eigenvalue weighted by molar-refractivity contribution is -0.154. The average molecular weight is 1040 g/mol. The summed E-state index contributed by atoms with van der Waals surface area (Å²) < 4.78 is 12.6. The van der Waals surface area contributed by atoms with Gasteiger partial charge >= 0.3 is 12.1 Å². The number of hydrogen-bond donors (Lipinski definition) is 2. The summed E-state index contributed by atoms with van der Waals surface area (Å²) in [6.07, 6.45) is -1.51. The number of fused-ring (bicyclic) bond motifs is 1. The molecule has 2 atom stereocenters. The third-order valence-corrected chi connectivity index (χ3v) is 16.3. The van der Waals surface area contributed by atoms with Crippen LogP contribution in [0.1, 0.15) is 60.4 Å². The number of carbonyl (C=O) groups is 4. The highest BCUT2D eigenvalue weighted by Gasteiger charge is 2.55. The molecule has 0 aliphatic carbocycles. The molecule has 360 valence electrons. The van der Waals surface area contributed by atoms with Gasteiger partial charge in [0, 0.05) is 32.7 Å². The summed E-state index contributed by atoms with van der Waals surface area (Å²) in [5.74, 6) is -1.64.